The third-order valence-electron chi connectivity index (χ3n) is 2.25. The largest absolute Gasteiger partial charge is 0.444 e. The molecule has 0 fully saturated rings. The maximum Gasteiger partial charge on any atom is 0.410 e. The van der Waals surface area contributed by atoms with Gasteiger partial charge in [-0.05, 0) is 33.6 Å². The molecule has 0 spiro atoms. The van der Waals surface area contributed by atoms with Gasteiger partial charge in [0, 0.05) is 19.5 Å². The van der Waals surface area contributed by atoms with Crippen LogP contribution in [0.1, 0.15) is 40.5 Å². The van der Waals surface area contributed by atoms with E-state index in [1.165, 1.54) is 0 Å². The summed E-state index contributed by atoms with van der Waals surface area (Å²) >= 11 is 0. The molecule has 0 radical (unpaired) electrons. The first kappa shape index (κ1) is 14.8. The van der Waals surface area contributed by atoms with Crippen LogP contribution in [-0.4, -0.2) is 30.2 Å². The Balaban J connectivity index is 4.03. The first-order chi connectivity index (χ1) is 7.30. The maximum absolute atomic E-state index is 11.6. The van der Waals surface area contributed by atoms with E-state index in [9.17, 15) is 4.79 Å². The Morgan fingerprint density at radius 1 is 1.50 bits per heavy atom. The SMILES string of the molecule is C#CC(CC)CCN(C)C(=O)OC(C)(C)C. The third kappa shape index (κ3) is 6.34. The van der Waals surface area contributed by atoms with E-state index in [4.69, 9.17) is 11.2 Å². The zero-order valence-electron chi connectivity index (χ0n) is 11.0. The lowest BCUT2D eigenvalue weighted by Gasteiger charge is -2.25. The molecule has 0 heterocycles. The van der Waals surface area contributed by atoms with E-state index in [0.717, 1.165) is 12.8 Å². The number of carbonyl (C=O) groups excluding carboxylic acids is 1. The number of rotatable bonds is 4. The zero-order valence-corrected chi connectivity index (χ0v) is 11.0. The topological polar surface area (TPSA) is 29.5 Å². The van der Waals surface area contributed by atoms with Gasteiger partial charge in [-0.25, -0.2) is 4.79 Å². The molecule has 92 valence electrons. The highest BCUT2D eigenvalue weighted by Gasteiger charge is 2.19. The van der Waals surface area contributed by atoms with Crippen LogP contribution in [0.3, 0.4) is 0 Å². The van der Waals surface area contributed by atoms with Gasteiger partial charge in [-0.1, -0.05) is 6.92 Å². The smallest absolute Gasteiger partial charge is 0.410 e. The molecule has 1 atom stereocenters. The molecule has 0 aromatic carbocycles. The molecular weight excluding hydrogens is 202 g/mol. The summed E-state index contributed by atoms with van der Waals surface area (Å²) in [5, 5.41) is 0. The van der Waals surface area contributed by atoms with Gasteiger partial charge >= 0.3 is 6.09 Å². The fraction of sp³-hybridized carbons (Fsp3) is 0.769. The van der Waals surface area contributed by atoms with Crippen LogP contribution in [-0.2, 0) is 4.74 Å². The molecule has 3 heteroatoms. The van der Waals surface area contributed by atoms with Crippen molar-refractivity contribution >= 4 is 6.09 Å². The number of ether oxygens (including phenoxy) is 1. The maximum atomic E-state index is 11.6. The van der Waals surface area contributed by atoms with Gasteiger partial charge in [-0.15, -0.1) is 12.3 Å². The third-order valence-corrected chi connectivity index (χ3v) is 2.25. The van der Waals surface area contributed by atoms with Gasteiger partial charge in [0.25, 0.3) is 0 Å². The molecule has 0 aromatic heterocycles. The second kappa shape index (κ2) is 6.42. The summed E-state index contributed by atoms with van der Waals surface area (Å²) in [5.74, 6) is 2.96. The molecule has 1 amide bonds. The molecule has 16 heavy (non-hydrogen) atoms. The Hall–Kier alpha value is -1.17. The predicted molar refractivity (Wildman–Crippen MR) is 66.1 cm³/mol. The van der Waals surface area contributed by atoms with E-state index < -0.39 is 5.60 Å². The van der Waals surface area contributed by atoms with Gasteiger partial charge in [-0.2, -0.15) is 0 Å². The second-order valence-corrected chi connectivity index (χ2v) is 4.96. The number of hydrogen-bond donors (Lipinski definition) is 0. The van der Waals surface area contributed by atoms with Crippen LogP contribution in [0.2, 0.25) is 0 Å². The Morgan fingerprint density at radius 2 is 2.06 bits per heavy atom. The Morgan fingerprint density at radius 3 is 2.44 bits per heavy atom. The van der Waals surface area contributed by atoms with Crippen LogP contribution in [0.4, 0.5) is 4.79 Å². The van der Waals surface area contributed by atoms with Crippen LogP contribution in [0.25, 0.3) is 0 Å². The zero-order chi connectivity index (χ0) is 12.8. The fourth-order valence-electron chi connectivity index (χ4n) is 1.19. The molecule has 0 aliphatic carbocycles. The summed E-state index contributed by atoms with van der Waals surface area (Å²) in [6, 6.07) is 0. The minimum atomic E-state index is -0.443. The monoisotopic (exact) mass is 225 g/mol. The number of hydrogen-bond acceptors (Lipinski definition) is 2. The lowest BCUT2D eigenvalue weighted by molar-refractivity contribution is 0.0293. The molecule has 0 N–H and O–H groups in total. The van der Waals surface area contributed by atoms with Gasteiger partial charge in [0.15, 0.2) is 0 Å². The predicted octanol–water partition coefficient (Wildman–Crippen LogP) is 2.90. The number of carbonyl (C=O) groups is 1. The van der Waals surface area contributed by atoms with Gasteiger partial charge in [0.05, 0.1) is 0 Å². The van der Waals surface area contributed by atoms with Crippen LogP contribution in [0.15, 0.2) is 0 Å². The molecule has 1 unspecified atom stereocenters. The van der Waals surface area contributed by atoms with Crippen molar-refractivity contribution in [2.45, 2.75) is 46.1 Å². The first-order valence-electron chi connectivity index (χ1n) is 5.70. The molecule has 0 bridgehead atoms. The quantitative estimate of drug-likeness (QED) is 0.688. The van der Waals surface area contributed by atoms with E-state index in [0.29, 0.717) is 6.54 Å². The molecule has 0 saturated carbocycles. The van der Waals surface area contributed by atoms with Crippen molar-refractivity contribution in [1.29, 1.82) is 0 Å². The minimum absolute atomic E-state index is 0.241. The van der Waals surface area contributed by atoms with Crippen molar-refractivity contribution in [1.82, 2.24) is 4.90 Å². The minimum Gasteiger partial charge on any atom is -0.444 e. The highest BCUT2D eigenvalue weighted by atomic mass is 16.6. The summed E-state index contributed by atoms with van der Waals surface area (Å²) in [6.45, 7) is 8.26. The average Bonchev–Trinajstić information content (AvgIpc) is 2.16. The van der Waals surface area contributed by atoms with Crippen molar-refractivity contribution in [3.63, 3.8) is 0 Å². The second-order valence-electron chi connectivity index (χ2n) is 4.96. The summed E-state index contributed by atoms with van der Waals surface area (Å²) in [4.78, 5) is 13.2. The standard InChI is InChI=1S/C13H23NO2/c1-7-11(8-2)9-10-14(6)12(15)16-13(3,4)5/h1,11H,8-10H2,2-6H3. The first-order valence-corrected chi connectivity index (χ1v) is 5.70. The summed E-state index contributed by atoms with van der Waals surface area (Å²) in [7, 11) is 1.73. The molecule has 0 aliphatic rings. The van der Waals surface area contributed by atoms with Gasteiger partial charge in [0.2, 0.25) is 0 Å². The molecular formula is C13H23NO2. The summed E-state index contributed by atoms with van der Waals surface area (Å²) in [6.07, 6.45) is 6.84. The van der Waals surface area contributed by atoms with Crippen molar-refractivity contribution < 1.29 is 9.53 Å². The summed E-state index contributed by atoms with van der Waals surface area (Å²) < 4.78 is 5.23. The van der Waals surface area contributed by atoms with Crippen LogP contribution in [0.5, 0.6) is 0 Å². The van der Waals surface area contributed by atoms with Crippen LogP contribution < -0.4 is 0 Å². The molecule has 0 aliphatic heterocycles. The molecule has 0 aromatic rings. The van der Waals surface area contributed by atoms with Crippen LogP contribution in [0, 0.1) is 18.3 Å². The highest BCUT2D eigenvalue weighted by molar-refractivity contribution is 5.67. The Bertz CT molecular complexity index is 260. The van der Waals surface area contributed by atoms with Crippen molar-refractivity contribution in [3.05, 3.63) is 0 Å². The van der Waals surface area contributed by atoms with E-state index in [1.54, 1.807) is 11.9 Å². The summed E-state index contributed by atoms with van der Waals surface area (Å²) in [5.41, 5.74) is -0.443. The lowest BCUT2D eigenvalue weighted by Crippen LogP contribution is -2.35. The van der Waals surface area contributed by atoms with Crippen molar-refractivity contribution in [2.24, 2.45) is 5.92 Å². The number of amides is 1. The van der Waals surface area contributed by atoms with Crippen molar-refractivity contribution in [3.8, 4) is 12.3 Å². The lowest BCUT2D eigenvalue weighted by atomic mass is 10.0. The average molecular weight is 225 g/mol. The van der Waals surface area contributed by atoms with Crippen LogP contribution >= 0.6 is 0 Å². The van der Waals surface area contributed by atoms with E-state index >= 15 is 0 Å². The molecule has 3 nitrogen and oxygen atoms in total. The van der Waals surface area contributed by atoms with E-state index in [-0.39, 0.29) is 12.0 Å². The van der Waals surface area contributed by atoms with Crippen molar-refractivity contribution in [2.75, 3.05) is 13.6 Å². The fourth-order valence-corrected chi connectivity index (χ4v) is 1.19. The van der Waals surface area contributed by atoms with E-state index in [1.807, 2.05) is 20.8 Å². The van der Waals surface area contributed by atoms with Gasteiger partial charge < -0.3 is 9.64 Å². The normalized spacial score (nSPS) is 12.8. The Labute approximate surface area is 99.2 Å². The van der Waals surface area contributed by atoms with E-state index in [2.05, 4.69) is 12.8 Å². The van der Waals surface area contributed by atoms with Gasteiger partial charge in [0.1, 0.15) is 5.60 Å². The Kier molecular flexibility index (Phi) is 5.95. The number of terminal acetylenes is 1. The van der Waals surface area contributed by atoms with Gasteiger partial charge in [-0.3, -0.25) is 0 Å². The molecule has 0 rings (SSSR count). The molecule has 0 saturated heterocycles. The number of nitrogens with zero attached hydrogens (tertiary/aromatic N) is 1. The highest BCUT2D eigenvalue weighted by Crippen LogP contribution is 2.11.